The molecule has 0 spiro atoms. The minimum Gasteiger partial charge on any atom is -0.389 e. The number of aliphatic hydroxyl groups excluding tert-OH is 1. The summed E-state index contributed by atoms with van der Waals surface area (Å²) in [6, 6.07) is 15.6. The van der Waals surface area contributed by atoms with Crippen LogP contribution in [0.3, 0.4) is 0 Å². The standard InChI is InChI=1S/C21H26Cl2N2O2/c22-19-6-3-4-17(12-19)13-24-8-10-25(11-9-24)14-20(26)16-27-15-18-5-1-2-7-21(18)23/h1-7,12,20,26H,8-11,13-16H2. The lowest BCUT2D eigenvalue weighted by molar-refractivity contribution is 0.000894. The van der Waals surface area contributed by atoms with Gasteiger partial charge in [-0.05, 0) is 29.3 Å². The highest BCUT2D eigenvalue weighted by molar-refractivity contribution is 6.31. The van der Waals surface area contributed by atoms with Gasteiger partial charge in [0.25, 0.3) is 0 Å². The van der Waals surface area contributed by atoms with E-state index in [9.17, 15) is 5.11 Å². The summed E-state index contributed by atoms with van der Waals surface area (Å²) in [5.74, 6) is 0. The zero-order chi connectivity index (χ0) is 19.1. The van der Waals surface area contributed by atoms with Crippen LogP contribution in [0.1, 0.15) is 11.1 Å². The van der Waals surface area contributed by atoms with E-state index in [1.165, 1.54) is 5.56 Å². The van der Waals surface area contributed by atoms with E-state index >= 15 is 0 Å². The minimum absolute atomic E-state index is 0.313. The van der Waals surface area contributed by atoms with E-state index in [1.54, 1.807) is 0 Å². The summed E-state index contributed by atoms with van der Waals surface area (Å²) in [4.78, 5) is 4.71. The van der Waals surface area contributed by atoms with Crippen molar-refractivity contribution in [1.82, 2.24) is 9.80 Å². The number of hydrogen-bond acceptors (Lipinski definition) is 4. The molecular formula is C21H26Cl2N2O2. The fourth-order valence-electron chi connectivity index (χ4n) is 3.29. The maximum Gasteiger partial charge on any atom is 0.0900 e. The summed E-state index contributed by atoms with van der Waals surface area (Å²) in [5, 5.41) is 11.7. The Balaban J connectivity index is 1.34. The van der Waals surface area contributed by atoms with Crippen LogP contribution in [-0.2, 0) is 17.9 Å². The van der Waals surface area contributed by atoms with Crippen LogP contribution in [-0.4, -0.2) is 60.3 Å². The van der Waals surface area contributed by atoms with Crippen molar-refractivity contribution in [2.75, 3.05) is 39.3 Å². The molecule has 0 amide bonds. The monoisotopic (exact) mass is 408 g/mol. The summed E-state index contributed by atoms with van der Waals surface area (Å²) in [5.41, 5.74) is 2.19. The van der Waals surface area contributed by atoms with Crippen LogP contribution in [0.4, 0.5) is 0 Å². The van der Waals surface area contributed by atoms with Gasteiger partial charge in [0.2, 0.25) is 0 Å². The van der Waals surface area contributed by atoms with Crippen LogP contribution in [0, 0.1) is 0 Å². The van der Waals surface area contributed by atoms with Gasteiger partial charge < -0.3 is 9.84 Å². The molecule has 1 N–H and O–H groups in total. The van der Waals surface area contributed by atoms with Gasteiger partial charge in [-0.25, -0.2) is 0 Å². The average Bonchev–Trinajstić information content (AvgIpc) is 2.65. The third-order valence-corrected chi connectivity index (χ3v) is 5.36. The number of rotatable bonds is 8. The number of benzene rings is 2. The second-order valence-electron chi connectivity index (χ2n) is 6.97. The zero-order valence-corrected chi connectivity index (χ0v) is 16.9. The zero-order valence-electron chi connectivity index (χ0n) is 15.4. The first-order chi connectivity index (χ1) is 13.1. The second-order valence-corrected chi connectivity index (χ2v) is 7.81. The molecule has 0 radical (unpaired) electrons. The molecule has 1 aliphatic heterocycles. The van der Waals surface area contributed by atoms with E-state index < -0.39 is 6.10 Å². The lowest BCUT2D eigenvalue weighted by Gasteiger charge is -2.35. The highest BCUT2D eigenvalue weighted by atomic mass is 35.5. The maximum atomic E-state index is 10.3. The van der Waals surface area contributed by atoms with Crippen LogP contribution in [0.25, 0.3) is 0 Å². The molecule has 1 heterocycles. The van der Waals surface area contributed by atoms with Gasteiger partial charge in [0.15, 0.2) is 0 Å². The molecule has 2 aromatic rings. The Labute approximate surface area is 171 Å². The van der Waals surface area contributed by atoms with Gasteiger partial charge in [0, 0.05) is 49.3 Å². The Morgan fingerprint density at radius 3 is 2.44 bits per heavy atom. The summed E-state index contributed by atoms with van der Waals surface area (Å²) in [6.07, 6.45) is -0.494. The van der Waals surface area contributed by atoms with Gasteiger partial charge in [-0.3, -0.25) is 9.80 Å². The molecule has 1 aliphatic rings. The van der Waals surface area contributed by atoms with Crippen molar-refractivity contribution in [3.05, 3.63) is 69.7 Å². The predicted octanol–water partition coefficient (Wildman–Crippen LogP) is 3.69. The molecule has 3 rings (SSSR count). The fraction of sp³-hybridized carbons (Fsp3) is 0.429. The number of hydrogen-bond donors (Lipinski definition) is 1. The van der Waals surface area contributed by atoms with Gasteiger partial charge in [-0.2, -0.15) is 0 Å². The Morgan fingerprint density at radius 1 is 0.963 bits per heavy atom. The summed E-state index contributed by atoms with van der Waals surface area (Å²) in [7, 11) is 0. The Bertz CT molecular complexity index is 721. The fourth-order valence-corrected chi connectivity index (χ4v) is 3.70. The first kappa shape index (κ1) is 20.6. The van der Waals surface area contributed by atoms with Crippen molar-refractivity contribution in [1.29, 1.82) is 0 Å². The van der Waals surface area contributed by atoms with E-state index in [-0.39, 0.29) is 0 Å². The molecule has 146 valence electrons. The van der Waals surface area contributed by atoms with Crippen molar-refractivity contribution in [2.24, 2.45) is 0 Å². The molecule has 1 fully saturated rings. The molecule has 27 heavy (non-hydrogen) atoms. The third kappa shape index (κ3) is 6.75. The summed E-state index contributed by atoms with van der Waals surface area (Å²) < 4.78 is 5.63. The minimum atomic E-state index is -0.494. The molecule has 1 atom stereocenters. The molecule has 1 unspecified atom stereocenters. The van der Waals surface area contributed by atoms with Crippen molar-refractivity contribution in [3.8, 4) is 0 Å². The second kappa shape index (κ2) is 10.4. The molecule has 0 bridgehead atoms. The van der Waals surface area contributed by atoms with Crippen LogP contribution >= 0.6 is 23.2 Å². The van der Waals surface area contributed by atoms with Crippen molar-refractivity contribution < 1.29 is 9.84 Å². The van der Waals surface area contributed by atoms with Crippen LogP contribution in [0.15, 0.2) is 48.5 Å². The molecular weight excluding hydrogens is 383 g/mol. The first-order valence-electron chi connectivity index (χ1n) is 9.28. The molecule has 6 heteroatoms. The van der Waals surface area contributed by atoms with E-state index in [0.29, 0.717) is 24.8 Å². The smallest absolute Gasteiger partial charge is 0.0900 e. The van der Waals surface area contributed by atoms with Crippen molar-refractivity contribution in [3.63, 3.8) is 0 Å². The summed E-state index contributed by atoms with van der Waals surface area (Å²) >= 11 is 12.2. The summed E-state index contributed by atoms with van der Waals surface area (Å²) in [6.45, 7) is 6.15. The Kier molecular flexibility index (Phi) is 7.94. The predicted molar refractivity (Wildman–Crippen MR) is 110 cm³/mol. The normalized spacial score (nSPS) is 17.1. The first-order valence-corrected chi connectivity index (χ1v) is 10.0. The number of piperazine rings is 1. The molecule has 0 aromatic heterocycles. The average molecular weight is 409 g/mol. The molecule has 1 saturated heterocycles. The highest BCUT2D eigenvalue weighted by Crippen LogP contribution is 2.16. The maximum absolute atomic E-state index is 10.3. The quantitative estimate of drug-likeness (QED) is 0.722. The van der Waals surface area contributed by atoms with Crippen molar-refractivity contribution in [2.45, 2.75) is 19.3 Å². The van der Waals surface area contributed by atoms with E-state index in [0.717, 1.165) is 43.3 Å². The lowest BCUT2D eigenvalue weighted by Crippen LogP contribution is -2.48. The van der Waals surface area contributed by atoms with Gasteiger partial charge in [-0.1, -0.05) is 53.5 Å². The largest absolute Gasteiger partial charge is 0.389 e. The van der Waals surface area contributed by atoms with Gasteiger partial charge in [-0.15, -0.1) is 0 Å². The highest BCUT2D eigenvalue weighted by Gasteiger charge is 2.19. The lowest BCUT2D eigenvalue weighted by atomic mass is 10.2. The third-order valence-electron chi connectivity index (χ3n) is 4.75. The van der Waals surface area contributed by atoms with Gasteiger partial charge in [0.1, 0.15) is 0 Å². The number of ether oxygens (including phenoxy) is 1. The van der Waals surface area contributed by atoms with Crippen molar-refractivity contribution >= 4 is 23.2 Å². The van der Waals surface area contributed by atoms with Crippen LogP contribution in [0.2, 0.25) is 10.0 Å². The van der Waals surface area contributed by atoms with E-state index in [4.69, 9.17) is 27.9 Å². The van der Waals surface area contributed by atoms with E-state index in [2.05, 4.69) is 15.9 Å². The number of β-amino-alcohol motifs (C(OH)–C–C–N with tert-alkyl or cyclic N) is 1. The molecule has 0 saturated carbocycles. The van der Waals surface area contributed by atoms with Gasteiger partial charge >= 0.3 is 0 Å². The topological polar surface area (TPSA) is 35.9 Å². The number of aliphatic hydroxyl groups is 1. The number of halogens is 2. The van der Waals surface area contributed by atoms with Crippen LogP contribution in [0.5, 0.6) is 0 Å². The molecule has 0 aliphatic carbocycles. The Hall–Kier alpha value is -1.14. The van der Waals surface area contributed by atoms with E-state index in [1.807, 2.05) is 42.5 Å². The number of nitrogens with zero attached hydrogens (tertiary/aromatic N) is 2. The Morgan fingerprint density at radius 2 is 1.70 bits per heavy atom. The molecule has 4 nitrogen and oxygen atoms in total. The molecule has 2 aromatic carbocycles. The van der Waals surface area contributed by atoms with Gasteiger partial charge in [0.05, 0.1) is 19.3 Å². The van der Waals surface area contributed by atoms with Crippen LogP contribution < -0.4 is 0 Å². The SMILES string of the molecule is OC(COCc1ccccc1Cl)CN1CCN(Cc2cccc(Cl)c2)CC1.